The fourth-order valence-corrected chi connectivity index (χ4v) is 1.22. The minimum Gasteiger partial charge on any atom is -0.311 e. The van der Waals surface area contributed by atoms with Crippen LogP contribution in [0.15, 0.2) is 0 Å². The summed E-state index contributed by atoms with van der Waals surface area (Å²) in [5, 5.41) is 7.58. The first-order valence-electron chi connectivity index (χ1n) is 4.95. The van der Waals surface area contributed by atoms with Crippen LogP contribution in [0.25, 0.3) is 0 Å². The average molecular weight is 196 g/mol. The maximum atomic E-state index is 4.54. The molecule has 0 aliphatic heterocycles. The van der Waals surface area contributed by atoms with Gasteiger partial charge in [-0.1, -0.05) is 20.8 Å². The number of hydrogen-bond donors (Lipinski definition) is 1. The van der Waals surface area contributed by atoms with Gasteiger partial charge in [-0.25, -0.2) is 4.98 Å². The molecular formula is C10H20N4. The molecule has 0 amide bonds. The van der Waals surface area contributed by atoms with E-state index in [4.69, 9.17) is 0 Å². The topological polar surface area (TPSA) is 42.7 Å². The molecule has 4 heteroatoms. The lowest BCUT2D eigenvalue weighted by molar-refractivity contribution is 0.537. The molecule has 1 N–H and O–H groups in total. The lowest BCUT2D eigenvalue weighted by Gasteiger charge is -2.12. The van der Waals surface area contributed by atoms with Gasteiger partial charge in [-0.3, -0.25) is 4.68 Å². The van der Waals surface area contributed by atoms with Crippen LogP contribution in [0, 0.1) is 0 Å². The first-order valence-corrected chi connectivity index (χ1v) is 4.95. The fourth-order valence-electron chi connectivity index (χ4n) is 1.22. The van der Waals surface area contributed by atoms with Crippen molar-refractivity contribution >= 4 is 0 Å². The molecule has 0 saturated heterocycles. The minimum absolute atomic E-state index is 0.0173. The number of aromatic nitrogens is 3. The van der Waals surface area contributed by atoms with E-state index in [9.17, 15) is 0 Å². The van der Waals surface area contributed by atoms with Crippen LogP contribution in [-0.4, -0.2) is 21.8 Å². The highest BCUT2D eigenvalue weighted by Crippen LogP contribution is 2.20. The first-order chi connectivity index (χ1) is 6.36. The van der Waals surface area contributed by atoms with Gasteiger partial charge in [0, 0.05) is 12.5 Å². The molecule has 0 aliphatic rings. The normalized spacial score (nSPS) is 14.4. The molecule has 0 bridgehead atoms. The molecular weight excluding hydrogens is 176 g/mol. The summed E-state index contributed by atoms with van der Waals surface area (Å²) in [5.41, 5.74) is 0.0173. The highest BCUT2D eigenvalue weighted by atomic mass is 15.3. The van der Waals surface area contributed by atoms with E-state index in [1.54, 1.807) is 0 Å². The maximum absolute atomic E-state index is 4.54. The number of rotatable bonds is 2. The van der Waals surface area contributed by atoms with Crippen molar-refractivity contribution in [1.29, 1.82) is 0 Å². The Morgan fingerprint density at radius 2 is 1.93 bits per heavy atom. The SMILES string of the molecule is CNC(C)c1nc(C(C)(C)C)nn1C. The molecule has 14 heavy (non-hydrogen) atoms. The Hall–Kier alpha value is -0.900. The quantitative estimate of drug-likeness (QED) is 0.777. The van der Waals surface area contributed by atoms with E-state index in [2.05, 4.69) is 43.1 Å². The van der Waals surface area contributed by atoms with E-state index in [0.717, 1.165) is 11.6 Å². The van der Waals surface area contributed by atoms with E-state index in [-0.39, 0.29) is 11.5 Å². The molecule has 4 nitrogen and oxygen atoms in total. The van der Waals surface area contributed by atoms with E-state index in [1.165, 1.54) is 0 Å². The zero-order valence-corrected chi connectivity index (χ0v) is 9.92. The number of hydrogen-bond acceptors (Lipinski definition) is 3. The second kappa shape index (κ2) is 3.69. The molecule has 1 aromatic heterocycles. The fraction of sp³-hybridized carbons (Fsp3) is 0.800. The van der Waals surface area contributed by atoms with Crippen molar-refractivity contribution in [2.45, 2.75) is 39.2 Å². The smallest absolute Gasteiger partial charge is 0.156 e. The molecule has 0 spiro atoms. The van der Waals surface area contributed by atoms with Gasteiger partial charge in [-0.05, 0) is 14.0 Å². The second-order valence-electron chi connectivity index (χ2n) is 4.68. The van der Waals surface area contributed by atoms with E-state index in [1.807, 2.05) is 18.8 Å². The third kappa shape index (κ3) is 2.12. The zero-order valence-electron chi connectivity index (χ0n) is 9.92. The highest BCUT2D eigenvalue weighted by Gasteiger charge is 2.22. The van der Waals surface area contributed by atoms with Gasteiger partial charge in [0.15, 0.2) is 5.82 Å². The average Bonchev–Trinajstić information content (AvgIpc) is 2.45. The molecule has 0 radical (unpaired) electrons. The van der Waals surface area contributed by atoms with Crippen molar-refractivity contribution in [1.82, 2.24) is 20.1 Å². The summed E-state index contributed by atoms with van der Waals surface area (Å²) < 4.78 is 1.85. The lowest BCUT2D eigenvalue weighted by atomic mass is 9.96. The molecule has 1 atom stereocenters. The number of aryl methyl sites for hydroxylation is 1. The molecule has 1 aromatic rings. The lowest BCUT2D eigenvalue weighted by Crippen LogP contribution is -2.17. The van der Waals surface area contributed by atoms with E-state index in [0.29, 0.717) is 0 Å². The van der Waals surface area contributed by atoms with Crippen LogP contribution >= 0.6 is 0 Å². The Morgan fingerprint density at radius 1 is 1.36 bits per heavy atom. The molecule has 0 aromatic carbocycles. The Morgan fingerprint density at radius 3 is 2.29 bits per heavy atom. The number of nitrogens with one attached hydrogen (secondary N) is 1. The van der Waals surface area contributed by atoms with Crippen molar-refractivity contribution in [3.8, 4) is 0 Å². The van der Waals surface area contributed by atoms with Gasteiger partial charge in [0.25, 0.3) is 0 Å². The van der Waals surface area contributed by atoms with Crippen LogP contribution in [0.1, 0.15) is 45.4 Å². The van der Waals surface area contributed by atoms with Gasteiger partial charge in [0.05, 0.1) is 6.04 Å². The van der Waals surface area contributed by atoms with Crippen molar-refractivity contribution in [3.63, 3.8) is 0 Å². The molecule has 1 unspecified atom stereocenters. The van der Waals surface area contributed by atoms with Crippen LogP contribution in [-0.2, 0) is 12.5 Å². The van der Waals surface area contributed by atoms with Crippen LogP contribution in [0.4, 0.5) is 0 Å². The van der Waals surface area contributed by atoms with Crippen LogP contribution < -0.4 is 5.32 Å². The maximum Gasteiger partial charge on any atom is 0.156 e. The van der Waals surface area contributed by atoms with Crippen LogP contribution in [0.5, 0.6) is 0 Å². The summed E-state index contributed by atoms with van der Waals surface area (Å²) in [6.07, 6.45) is 0. The van der Waals surface area contributed by atoms with Gasteiger partial charge in [-0.15, -0.1) is 0 Å². The van der Waals surface area contributed by atoms with Gasteiger partial charge >= 0.3 is 0 Å². The third-order valence-electron chi connectivity index (χ3n) is 2.29. The Bertz CT molecular complexity index is 308. The van der Waals surface area contributed by atoms with Crippen LogP contribution in [0.2, 0.25) is 0 Å². The van der Waals surface area contributed by atoms with Gasteiger partial charge in [0.2, 0.25) is 0 Å². The third-order valence-corrected chi connectivity index (χ3v) is 2.29. The molecule has 0 aliphatic carbocycles. The summed E-state index contributed by atoms with van der Waals surface area (Å²) in [5.74, 6) is 1.88. The number of nitrogens with zero attached hydrogens (tertiary/aromatic N) is 3. The van der Waals surface area contributed by atoms with E-state index < -0.39 is 0 Å². The van der Waals surface area contributed by atoms with Crippen molar-refractivity contribution in [2.24, 2.45) is 7.05 Å². The Labute approximate surface area is 85.7 Å². The van der Waals surface area contributed by atoms with Crippen molar-refractivity contribution in [2.75, 3.05) is 7.05 Å². The molecule has 1 heterocycles. The van der Waals surface area contributed by atoms with Crippen molar-refractivity contribution < 1.29 is 0 Å². The summed E-state index contributed by atoms with van der Waals surface area (Å²) >= 11 is 0. The standard InChI is InChI=1S/C10H20N4/c1-7(11-5)8-12-9(10(2,3)4)13-14(8)6/h7,11H,1-6H3. The molecule has 0 saturated carbocycles. The monoisotopic (exact) mass is 196 g/mol. The second-order valence-corrected chi connectivity index (χ2v) is 4.68. The van der Waals surface area contributed by atoms with Gasteiger partial charge in [0.1, 0.15) is 5.82 Å². The van der Waals surface area contributed by atoms with Crippen LogP contribution in [0.3, 0.4) is 0 Å². The zero-order chi connectivity index (χ0) is 10.9. The van der Waals surface area contributed by atoms with Gasteiger partial charge in [-0.2, -0.15) is 5.10 Å². The first kappa shape index (κ1) is 11.2. The largest absolute Gasteiger partial charge is 0.311 e. The van der Waals surface area contributed by atoms with Crippen molar-refractivity contribution in [3.05, 3.63) is 11.6 Å². The Balaban J connectivity index is 3.05. The highest BCUT2D eigenvalue weighted by molar-refractivity contribution is 5.05. The summed E-state index contributed by atoms with van der Waals surface area (Å²) in [4.78, 5) is 4.54. The summed E-state index contributed by atoms with van der Waals surface area (Å²) in [6.45, 7) is 8.44. The van der Waals surface area contributed by atoms with E-state index >= 15 is 0 Å². The van der Waals surface area contributed by atoms with Gasteiger partial charge < -0.3 is 5.32 Å². The predicted molar refractivity (Wildman–Crippen MR) is 57.2 cm³/mol. The molecule has 1 rings (SSSR count). The predicted octanol–water partition coefficient (Wildman–Crippen LogP) is 1.39. The summed E-state index contributed by atoms with van der Waals surface area (Å²) in [6, 6.07) is 0.239. The minimum atomic E-state index is 0.0173. The molecule has 0 fully saturated rings. The molecule has 80 valence electrons. The Kier molecular flexibility index (Phi) is 2.95. The summed E-state index contributed by atoms with van der Waals surface area (Å²) in [7, 11) is 3.86.